The minimum absolute atomic E-state index is 0.0742. The van der Waals surface area contributed by atoms with Crippen LogP contribution in [0.5, 0.6) is 23.0 Å². The van der Waals surface area contributed by atoms with Crippen LogP contribution in [0.4, 0.5) is 8.78 Å². The molecule has 0 aliphatic carbocycles. The average molecular weight is 917 g/mol. The molecule has 3 amide bonds. The first-order chi connectivity index (χ1) is 33.0. The second kappa shape index (κ2) is 19.2. The van der Waals surface area contributed by atoms with Crippen LogP contribution in [0.1, 0.15) is 63.7 Å². The molecule has 10 rings (SSSR count). The summed E-state index contributed by atoms with van der Waals surface area (Å²) in [4.78, 5) is 50.3. The van der Waals surface area contributed by atoms with Gasteiger partial charge in [-0.2, -0.15) is 0 Å². The quantitative estimate of drug-likeness (QED) is 0.0699. The number of carbonyl (C=O) groups excluding carboxylic acids is 3. The molecule has 2 unspecified atom stereocenters. The van der Waals surface area contributed by atoms with Gasteiger partial charge in [0.05, 0.1) is 6.54 Å². The van der Waals surface area contributed by atoms with Gasteiger partial charge in [0.2, 0.25) is 5.91 Å². The summed E-state index contributed by atoms with van der Waals surface area (Å²) in [5.41, 5.74) is 17.5. The van der Waals surface area contributed by atoms with Crippen molar-refractivity contribution in [2.45, 2.75) is 31.6 Å². The van der Waals surface area contributed by atoms with Crippen LogP contribution in [-0.2, 0) is 4.79 Å². The number of nitrogens with zero attached hydrogens (tertiary/aromatic N) is 6. The number of fused-ring (bicyclic) bond motifs is 2. The highest BCUT2D eigenvalue weighted by molar-refractivity contribution is 5.99. The molecule has 2 atom stereocenters. The number of benzene rings is 4. The van der Waals surface area contributed by atoms with Gasteiger partial charge >= 0.3 is 0 Å². The minimum atomic E-state index is -0.627. The fourth-order valence-electron chi connectivity index (χ4n) is 8.77. The molecule has 0 spiro atoms. The Balaban J connectivity index is 0.000000170. The third-order valence-electron chi connectivity index (χ3n) is 12.1. The molecule has 6 N–H and O–H groups in total. The fraction of sp³-hybridized carbons (Fsp3) is 0.196. The van der Waals surface area contributed by atoms with Gasteiger partial charge in [-0.25, -0.2) is 27.8 Å². The van der Waals surface area contributed by atoms with Crippen molar-refractivity contribution >= 4 is 29.0 Å². The van der Waals surface area contributed by atoms with Crippen molar-refractivity contribution in [1.82, 2.24) is 39.0 Å². The molecule has 2 saturated heterocycles. The second-order valence-electron chi connectivity index (χ2n) is 16.4. The summed E-state index contributed by atoms with van der Waals surface area (Å²) in [6.07, 6.45) is 6.80. The number of halogens is 2. The molecule has 15 nitrogen and oxygen atoms in total. The van der Waals surface area contributed by atoms with Crippen molar-refractivity contribution in [1.29, 1.82) is 0 Å². The lowest BCUT2D eigenvalue weighted by atomic mass is 10.0. The standard InChI is InChI=1S/C26H24FN5O2.C25H22FN5O3/c1-2-3-13-31-14-12-18(16-31)20-15-29-32-24(25(28)33)23(30-26(20)32)17-8-10-19(11-9-17)34-22-7-5-4-6-21(22)27;1-2-21(32)30-12-11-16(14-30)18-13-28-31-23(24(27)33)22(29-25(18)31)15-7-9-17(10-8-15)34-20-6-4-3-5-19(20)26/h4-11,15,18,29H,12-14,16H2,1H3,(H2,28,33);2-10,13,16,28H,1,11-12,14H2,(H2,27,33). The third kappa shape index (κ3) is 8.92. The number of H-pyrrole nitrogens is 2. The van der Waals surface area contributed by atoms with E-state index in [0.29, 0.717) is 64.3 Å². The van der Waals surface area contributed by atoms with E-state index in [-0.39, 0.29) is 34.7 Å². The first-order valence-corrected chi connectivity index (χ1v) is 21.9. The van der Waals surface area contributed by atoms with E-state index in [2.05, 4.69) is 33.5 Å². The van der Waals surface area contributed by atoms with E-state index in [1.165, 1.54) is 18.2 Å². The summed E-state index contributed by atoms with van der Waals surface area (Å²) >= 11 is 0. The Hall–Kier alpha value is -8.49. The van der Waals surface area contributed by atoms with Gasteiger partial charge in [-0.1, -0.05) is 36.8 Å². The molecule has 4 aromatic heterocycles. The predicted molar refractivity (Wildman–Crippen MR) is 251 cm³/mol. The zero-order valence-electron chi connectivity index (χ0n) is 36.9. The Morgan fingerprint density at radius 1 is 0.721 bits per heavy atom. The molecule has 6 heterocycles. The number of carbonyl (C=O) groups is 3. The zero-order chi connectivity index (χ0) is 47.5. The molecule has 2 aliphatic rings. The number of nitrogens with two attached hydrogens (primary N) is 2. The van der Waals surface area contributed by atoms with Crippen molar-refractivity contribution in [2.24, 2.45) is 11.5 Å². The number of para-hydroxylation sites is 2. The summed E-state index contributed by atoms with van der Waals surface area (Å²) in [6.45, 7) is 9.19. The normalized spacial score (nSPS) is 15.7. The second-order valence-corrected chi connectivity index (χ2v) is 16.4. The van der Waals surface area contributed by atoms with E-state index in [9.17, 15) is 23.2 Å². The van der Waals surface area contributed by atoms with E-state index >= 15 is 0 Å². The Labute approximate surface area is 388 Å². The molecule has 17 heteroatoms. The Morgan fingerprint density at radius 2 is 1.19 bits per heavy atom. The maximum atomic E-state index is 13.9. The fourth-order valence-corrected chi connectivity index (χ4v) is 8.77. The minimum Gasteiger partial charge on any atom is -0.454 e. The number of aromatic amines is 2. The number of hydrogen-bond donors (Lipinski definition) is 4. The van der Waals surface area contributed by atoms with E-state index in [4.69, 9.17) is 30.9 Å². The van der Waals surface area contributed by atoms with Crippen molar-refractivity contribution in [3.05, 3.63) is 156 Å². The molecular formula is C51H46F2N10O5. The smallest absolute Gasteiger partial charge is 0.269 e. The first-order valence-electron chi connectivity index (χ1n) is 21.9. The number of hydrogen-bond acceptors (Lipinski definition) is 8. The van der Waals surface area contributed by atoms with Crippen LogP contribution in [0.3, 0.4) is 0 Å². The number of likely N-dealkylation sites (tertiary alicyclic amines) is 2. The van der Waals surface area contributed by atoms with Crippen LogP contribution < -0.4 is 20.9 Å². The van der Waals surface area contributed by atoms with Crippen LogP contribution in [0.25, 0.3) is 33.8 Å². The topological polar surface area (TPSA) is 194 Å². The molecule has 0 radical (unpaired) electrons. The highest BCUT2D eigenvalue weighted by Crippen LogP contribution is 2.36. The molecule has 2 fully saturated rings. The Morgan fingerprint density at radius 3 is 1.65 bits per heavy atom. The van der Waals surface area contributed by atoms with Gasteiger partial charge in [-0.3, -0.25) is 29.5 Å². The molecule has 4 aromatic carbocycles. The lowest BCUT2D eigenvalue weighted by Crippen LogP contribution is -2.26. The summed E-state index contributed by atoms with van der Waals surface area (Å²) in [7, 11) is 0. The van der Waals surface area contributed by atoms with E-state index in [1.807, 2.05) is 13.1 Å². The van der Waals surface area contributed by atoms with Crippen LogP contribution in [0.2, 0.25) is 0 Å². The lowest BCUT2D eigenvalue weighted by molar-refractivity contribution is -0.125. The van der Waals surface area contributed by atoms with Gasteiger partial charge in [-0.05, 0) is 105 Å². The number of aromatic nitrogens is 6. The number of rotatable bonds is 12. The largest absolute Gasteiger partial charge is 0.454 e. The zero-order valence-corrected chi connectivity index (χ0v) is 36.9. The summed E-state index contributed by atoms with van der Waals surface area (Å²) in [5, 5.41) is 6.23. The lowest BCUT2D eigenvalue weighted by Gasteiger charge is -2.13. The van der Waals surface area contributed by atoms with E-state index < -0.39 is 23.4 Å². The van der Waals surface area contributed by atoms with Crippen molar-refractivity contribution in [3.8, 4) is 57.4 Å². The molecular weight excluding hydrogens is 871 g/mol. The average Bonchev–Trinajstić information content (AvgIpc) is 4.21. The van der Waals surface area contributed by atoms with Gasteiger partial charge < -0.3 is 25.8 Å². The van der Waals surface area contributed by atoms with Gasteiger partial charge in [0.25, 0.3) is 11.8 Å². The van der Waals surface area contributed by atoms with Crippen LogP contribution in [0.15, 0.2) is 122 Å². The van der Waals surface area contributed by atoms with Gasteiger partial charge in [-0.15, -0.1) is 5.92 Å². The highest BCUT2D eigenvalue weighted by atomic mass is 19.1. The third-order valence-corrected chi connectivity index (χ3v) is 12.1. The number of nitrogens with one attached hydrogen (secondary N) is 2. The molecule has 0 bridgehead atoms. The van der Waals surface area contributed by atoms with Crippen molar-refractivity contribution in [3.63, 3.8) is 0 Å². The van der Waals surface area contributed by atoms with Crippen LogP contribution >= 0.6 is 0 Å². The number of ether oxygens (including phenoxy) is 2. The van der Waals surface area contributed by atoms with Crippen LogP contribution in [-0.4, -0.2) is 89.4 Å². The first kappa shape index (κ1) is 44.7. The number of imidazole rings is 2. The Kier molecular flexibility index (Phi) is 12.6. The molecule has 0 saturated carbocycles. The van der Waals surface area contributed by atoms with Crippen molar-refractivity contribution in [2.75, 3.05) is 32.7 Å². The number of amides is 3. The van der Waals surface area contributed by atoms with Gasteiger partial charge in [0.1, 0.15) is 22.9 Å². The van der Waals surface area contributed by atoms with Crippen LogP contribution in [0, 0.1) is 23.5 Å². The van der Waals surface area contributed by atoms with Gasteiger partial charge in [0, 0.05) is 66.1 Å². The molecule has 2 aliphatic heterocycles. The summed E-state index contributed by atoms with van der Waals surface area (Å²) in [6, 6.07) is 26.2. The molecule has 344 valence electrons. The number of primary amides is 2. The predicted octanol–water partition coefficient (Wildman–Crippen LogP) is 8.03. The van der Waals surface area contributed by atoms with Crippen molar-refractivity contribution < 1.29 is 32.6 Å². The maximum absolute atomic E-state index is 13.9. The monoisotopic (exact) mass is 916 g/mol. The summed E-state index contributed by atoms with van der Waals surface area (Å²) < 4.78 is 42.3. The maximum Gasteiger partial charge on any atom is 0.269 e. The van der Waals surface area contributed by atoms with E-state index in [1.54, 1.807) is 105 Å². The van der Waals surface area contributed by atoms with E-state index in [0.717, 1.165) is 43.6 Å². The Bertz CT molecular complexity index is 3250. The SMILES string of the molecule is C=CC(=O)N1CCC(c2c[nH]n3c(C(N)=O)c(-c4ccc(Oc5ccccc5F)cc4)nc23)C1.CC#CCN1CCC(c2c[nH]n3c(C(N)=O)c(-c4ccc(Oc5ccccc5F)cc4)nc23)C1. The molecule has 8 aromatic rings. The summed E-state index contributed by atoms with van der Waals surface area (Å²) in [5.74, 6) is 5.40. The molecule has 68 heavy (non-hydrogen) atoms. The van der Waals surface area contributed by atoms with Gasteiger partial charge in [0.15, 0.2) is 45.8 Å². The highest BCUT2D eigenvalue weighted by Gasteiger charge is 2.32.